The number of ether oxygens (including phenoxy) is 1. The number of hydrogen-bond acceptors (Lipinski definition) is 3. The van der Waals surface area contributed by atoms with Crippen molar-refractivity contribution in [3.05, 3.63) is 59.2 Å². The summed E-state index contributed by atoms with van der Waals surface area (Å²) in [5, 5.41) is 0. The minimum Gasteiger partial charge on any atom is -0.486 e. The van der Waals surface area contributed by atoms with Crippen molar-refractivity contribution in [1.82, 2.24) is 0 Å². The van der Waals surface area contributed by atoms with Crippen LogP contribution in [0.2, 0.25) is 0 Å². The molecule has 0 N–H and O–H groups in total. The monoisotopic (exact) mass is 351 g/mol. The standard InChI is InChI=1S/C23H29NO2/c1-6-20-15-24(14-17-7-10-19(11-8-17)23(3,4)5)21-13-18(16(2)25)9-12-22(21)26-20/h7-13,20H,6,14-15H2,1-5H3. The van der Waals surface area contributed by atoms with Crippen LogP contribution in [-0.4, -0.2) is 18.4 Å². The number of fused-ring (bicyclic) bond motifs is 1. The second-order valence-electron chi connectivity index (χ2n) is 8.21. The first-order valence-electron chi connectivity index (χ1n) is 9.44. The first-order chi connectivity index (χ1) is 12.3. The maximum absolute atomic E-state index is 11.8. The van der Waals surface area contributed by atoms with Gasteiger partial charge in [0.1, 0.15) is 11.9 Å². The van der Waals surface area contributed by atoms with Crippen LogP contribution in [0.15, 0.2) is 42.5 Å². The molecule has 1 unspecified atom stereocenters. The van der Waals surface area contributed by atoms with E-state index in [9.17, 15) is 4.79 Å². The molecule has 0 saturated carbocycles. The van der Waals surface area contributed by atoms with Gasteiger partial charge in [-0.25, -0.2) is 0 Å². The van der Waals surface area contributed by atoms with Crippen LogP contribution in [0.3, 0.4) is 0 Å². The average molecular weight is 351 g/mol. The Morgan fingerprint density at radius 1 is 1.15 bits per heavy atom. The molecule has 0 aromatic heterocycles. The van der Waals surface area contributed by atoms with Crippen molar-refractivity contribution in [1.29, 1.82) is 0 Å². The third kappa shape index (κ3) is 3.92. The van der Waals surface area contributed by atoms with Crippen molar-refractivity contribution in [2.75, 3.05) is 11.4 Å². The van der Waals surface area contributed by atoms with E-state index in [2.05, 4.69) is 56.9 Å². The summed E-state index contributed by atoms with van der Waals surface area (Å²) < 4.78 is 6.09. The number of ketones is 1. The predicted molar refractivity (Wildman–Crippen MR) is 107 cm³/mol. The minimum atomic E-state index is 0.0832. The number of carbonyl (C=O) groups is 1. The summed E-state index contributed by atoms with van der Waals surface area (Å²) in [6, 6.07) is 14.6. The van der Waals surface area contributed by atoms with Gasteiger partial charge in [-0.2, -0.15) is 0 Å². The van der Waals surface area contributed by atoms with Gasteiger partial charge in [0.05, 0.1) is 12.2 Å². The Labute approximate surface area is 157 Å². The summed E-state index contributed by atoms with van der Waals surface area (Å²) in [5.74, 6) is 0.958. The molecule has 2 aromatic rings. The van der Waals surface area contributed by atoms with Crippen molar-refractivity contribution >= 4 is 11.5 Å². The molecule has 3 nitrogen and oxygen atoms in total. The highest BCUT2D eigenvalue weighted by atomic mass is 16.5. The highest BCUT2D eigenvalue weighted by Crippen LogP contribution is 2.36. The maximum atomic E-state index is 11.8. The van der Waals surface area contributed by atoms with E-state index < -0.39 is 0 Å². The van der Waals surface area contributed by atoms with Crippen LogP contribution in [0.5, 0.6) is 5.75 Å². The molecule has 0 bridgehead atoms. The molecule has 0 aliphatic carbocycles. The molecule has 1 aliphatic heterocycles. The van der Waals surface area contributed by atoms with Gasteiger partial charge in [0, 0.05) is 12.1 Å². The maximum Gasteiger partial charge on any atom is 0.159 e. The molecule has 2 aromatic carbocycles. The lowest BCUT2D eigenvalue weighted by Crippen LogP contribution is -2.39. The molecule has 0 saturated heterocycles. The molecular weight excluding hydrogens is 322 g/mol. The molecule has 3 heteroatoms. The molecule has 0 amide bonds. The van der Waals surface area contributed by atoms with E-state index in [1.165, 1.54) is 11.1 Å². The fraction of sp³-hybridized carbons (Fsp3) is 0.435. The molecule has 1 atom stereocenters. The minimum absolute atomic E-state index is 0.0832. The number of anilines is 1. The lowest BCUT2D eigenvalue weighted by atomic mass is 9.86. The molecule has 0 radical (unpaired) electrons. The molecule has 1 heterocycles. The summed E-state index contributed by atoms with van der Waals surface area (Å²) in [5.41, 5.74) is 4.52. The molecule has 0 spiro atoms. The van der Waals surface area contributed by atoms with Gasteiger partial charge in [0.15, 0.2) is 5.78 Å². The van der Waals surface area contributed by atoms with Crippen LogP contribution < -0.4 is 9.64 Å². The lowest BCUT2D eigenvalue weighted by Gasteiger charge is -2.36. The number of hydrogen-bond donors (Lipinski definition) is 0. The number of nitrogens with zero attached hydrogens (tertiary/aromatic N) is 1. The van der Waals surface area contributed by atoms with Gasteiger partial charge in [-0.05, 0) is 48.1 Å². The molecule has 26 heavy (non-hydrogen) atoms. The van der Waals surface area contributed by atoms with Crippen LogP contribution in [0.25, 0.3) is 0 Å². The summed E-state index contributed by atoms with van der Waals surface area (Å²) in [7, 11) is 0. The lowest BCUT2D eigenvalue weighted by molar-refractivity contribution is 0.101. The largest absolute Gasteiger partial charge is 0.486 e. The van der Waals surface area contributed by atoms with Crippen molar-refractivity contribution in [3.63, 3.8) is 0 Å². The zero-order chi connectivity index (χ0) is 18.9. The smallest absolute Gasteiger partial charge is 0.159 e. The zero-order valence-electron chi connectivity index (χ0n) is 16.5. The van der Waals surface area contributed by atoms with E-state index in [1.807, 2.05) is 18.2 Å². The Morgan fingerprint density at radius 3 is 2.42 bits per heavy atom. The molecule has 0 fully saturated rings. The second-order valence-corrected chi connectivity index (χ2v) is 8.21. The van der Waals surface area contributed by atoms with Crippen LogP contribution in [0.4, 0.5) is 5.69 Å². The highest BCUT2D eigenvalue weighted by molar-refractivity contribution is 5.95. The Kier molecular flexibility index (Phi) is 5.08. The van der Waals surface area contributed by atoms with Crippen molar-refractivity contribution in [2.24, 2.45) is 0 Å². The number of Topliss-reactive ketones (excluding diaryl/α,β-unsaturated/α-hetero) is 1. The summed E-state index contributed by atoms with van der Waals surface area (Å²) >= 11 is 0. The van der Waals surface area contributed by atoms with Gasteiger partial charge < -0.3 is 9.64 Å². The van der Waals surface area contributed by atoms with Crippen LogP contribution in [0.1, 0.15) is 62.5 Å². The molecule has 1 aliphatic rings. The van der Waals surface area contributed by atoms with Gasteiger partial charge in [-0.3, -0.25) is 4.79 Å². The topological polar surface area (TPSA) is 29.5 Å². The number of rotatable bonds is 4. The van der Waals surface area contributed by atoms with E-state index in [0.29, 0.717) is 0 Å². The first-order valence-corrected chi connectivity index (χ1v) is 9.44. The van der Waals surface area contributed by atoms with Crippen LogP contribution >= 0.6 is 0 Å². The quantitative estimate of drug-likeness (QED) is 0.694. The fourth-order valence-electron chi connectivity index (χ4n) is 3.34. The predicted octanol–water partition coefficient (Wildman–Crippen LogP) is 5.36. The van der Waals surface area contributed by atoms with Crippen molar-refractivity contribution in [2.45, 2.75) is 59.1 Å². The van der Waals surface area contributed by atoms with Gasteiger partial charge in [-0.1, -0.05) is 52.0 Å². The van der Waals surface area contributed by atoms with Crippen molar-refractivity contribution in [3.8, 4) is 5.75 Å². The van der Waals surface area contributed by atoms with Gasteiger partial charge >= 0.3 is 0 Å². The molecule has 3 rings (SSSR count). The second kappa shape index (κ2) is 7.14. The molecule has 138 valence electrons. The summed E-state index contributed by atoms with van der Waals surface area (Å²) in [4.78, 5) is 14.1. The van der Waals surface area contributed by atoms with Gasteiger partial charge in [-0.15, -0.1) is 0 Å². The van der Waals surface area contributed by atoms with Gasteiger partial charge in [0.2, 0.25) is 0 Å². The van der Waals surface area contributed by atoms with Crippen LogP contribution in [-0.2, 0) is 12.0 Å². The Balaban J connectivity index is 1.89. The van der Waals surface area contributed by atoms with Crippen LogP contribution in [0, 0.1) is 0 Å². The Hall–Kier alpha value is -2.29. The number of carbonyl (C=O) groups excluding carboxylic acids is 1. The fourth-order valence-corrected chi connectivity index (χ4v) is 3.34. The van der Waals surface area contributed by atoms with E-state index in [4.69, 9.17) is 4.74 Å². The summed E-state index contributed by atoms with van der Waals surface area (Å²) in [6.07, 6.45) is 1.15. The SMILES string of the molecule is CCC1CN(Cc2ccc(C(C)(C)C)cc2)c2cc(C(C)=O)ccc2O1. The van der Waals surface area contributed by atoms with E-state index in [-0.39, 0.29) is 17.3 Å². The Morgan fingerprint density at radius 2 is 1.85 bits per heavy atom. The normalized spacial score (nSPS) is 16.8. The third-order valence-electron chi connectivity index (χ3n) is 5.07. The van der Waals surface area contributed by atoms with E-state index in [1.54, 1.807) is 6.92 Å². The van der Waals surface area contributed by atoms with Crippen molar-refractivity contribution < 1.29 is 9.53 Å². The average Bonchev–Trinajstić information content (AvgIpc) is 2.60. The highest BCUT2D eigenvalue weighted by Gasteiger charge is 2.25. The van der Waals surface area contributed by atoms with Gasteiger partial charge in [0.25, 0.3) is 0 Å². The Bertz CT molecular complexity index is 787. The van der Waals surface area contributed by atoms with E-state index >= 15 is 0 Å². The third-order valence-corrected chi connectivity index (χ3v) is 5.07. The van der Waals surface area contributed by atoms with E-state index in [0.717, 1.165) is 36.5 Å². The summed E-state index contributed by atoms with van der Waals surface area (Å²) in [6.45, 7) is 12.1. The zero-order valence-corrected chi connectivity index (χ0v) is 16.5. The number of benzene rings is 2. The molecular formula is C23H29NO2. The first kappa shape index (κ1) is 18.5.